The van der Waals surface area contributed by atoms with Crippen molar-refractivity contribution in [1.82, 2.24) is 15.8 Å². The Kier molecular flexibility index (Phi) is 9.55. The molecular weight excluding hydrogens is 427 g/mol. The molecule has 5 nitrogen and oxygen atoms in total. The van der Waals surface area contributed by atoms with Gasteiger partial charge in [-0.25, -0.2) is 0 Å². The molecule has 1 unspecified atom stereocenters. The number of halogens is 1. The van der Waals surface area contributed by atoms with Crippen LogP contribution in [0, 0.1) is 0 Å². The van der Waals surface area contributed by atoms with E-state index in [-0.39, 0.29) is 24.0 Å². The summed E-state index contributed by atoms with van der Waals surface area (Å²) in [6.07, 6.45) is 2.09. The molecule has 0 saturated carbocycles. The van der Waals surface area contributed by atoms with Crippen LogP contribution >= 0.6 is 24.0 Å². The highest BCUT2D eigenvalue weighted by atomic mass is 127. The molecule has 0 bridgehead atoms. The lowest BCUT2D eigenvalue weighted by Gasteiger charge is -2.17. The van der Waals surface area contributed by atoms with Gasteiger partial charge in [-0.15, -0.1) is 24.0 Å². The summed E-state index contributed by atoms with van der Waals surface area (Å²) < 4.78 is 5.34. The number of rotatable bonds is 7. The second-order valence-corrected chi connectivity index (χ2v) is 6.37. The number of aliphatic imine (C=N–C) groups is 1. The first-order valence-corrected chi connectivity index (χ1v) is 8.55. The normalized spacial score (nSPS) is 12.6. The van der Waals surface area contributed by atoms with Crippen molar-refractivity contribution in [2.45, 2.75) is 52.1 Å². The predicted octanol–water partition coefficient (Wildman–Crippen LogP) is 4.10. The van der Waals surface area contributed by atoms with E-state index in [0.29, 0.717) is 18.5 Å². The standard InChI is InChI=1S/C19H28N4O.HI/c1-14(2)18-12-17(24-23-18)13-21-19(20-4)22-15(3)10-11-16-8-6-5-7-9-16;/h5-9,12,14-15H,10-11,13H2,1-4H3,(H2,20,21,22);1H. The summed E-state index contributed by atoms with van der Waals surface area (Å²) in [5.41, 5.74) is 2.34. The van der Waals surface area contributed by atoms with Crippen molar-refractivity contribution < 1.29 is 4.52 Å². The molecular formula is C19H29IN4O. The number of benzene rings is 1. The van der Waals surface area contributed by atoms with E-state index in [4.69, 9.17) is 4.52 Å². The minimum Gasteiger partial charge on any atom is -0.359 e. The van der Waals surface area contributed by atoms with Crippen molar-refractivity contribution in [2.24, 2.45) is 4.99 Å². The van der Waals surface area contributed by atoms with Crippen molar-refractivity contribution in [3.63, 3.8) is 0 Å². The first-order chi connectivity index (χ1) is 11.6. The monoisotopic (exact) mass is 456 g/mol. The fraction of sp³-hybridized carbons (Fsp3) is 0.474. The average Bonchev–Trinajstić information content (AvgIpc) is 3.07. The van der Waals surface area contributed by atoms with Crippen LogP contribution in [0.2, 0.25) is 0 Å². The third kappa shape index (κ3) is 7.46. The molecule has 0 radical (unpaired) electrons. The lowest BCUT2D eigenvalue weighted by molar-refractivity contribution is 0.371. The number of nitrogens with one attached hydrogen (secondary N) is 2. The van der Waals surface area contributed by atoms with Crippen molar-refractivity contribution in [3.8, 4) is 0 Å². The Labute approximate surface area is 167 Å². The number of nitrogens with zero attached hydrogens (tertiary/aromatic N) is 2. The SMILES string of the molecule is CN=C(NCc1cc(C(C)C)no1)NC(C)CCc1ccccc1.I. The number of guanidine groups is 1. The molecule has 1 atom stereocenters. The lowest BCUT2D eigenvalue weighted by Crippen LogP contribution is -2.42. The second kappa shape index (κ2) is 11.1. The van der Waals surface area contributed by atoms with Gasteiger partial charge in [0.2, 0.25) is 0 Å². The Morgan fingerprint density at radius 3 is 2.52 bits per heavy atom. The Morgan fingerprint density at radius 1 is 1.20 bits per heavy atom. The van der Waals surface area contributed by atoms with Gasteiger partial charge in [0.25, 0.3) is 0 Å². The predicted molar refractivity (Wildman–Crippen MR) is 114 cm³/mol. The van der Waals surface area contributed by atoms with Crippen LogP contribution in [-0.4, -0.2) is 24.2 Å². The van der Waals surface area contributed by atoms with Gasteiger partial charge in [0.1, 0.15) is 0 Å². The van der Waals surface area contributed by atoms with Gasteiger partial charge in [0.15, 0.2) is 11.7 Å². The van der Waals surface area contributed by atoms with Crippen LogP contribution in [0.5, 0.6) is 0 Å². The molecule has 0 saturated heterocycles. The summed E-state index contributed by atoms with van der Waals surface area (Å²) in [6, 6.07) is 12.9. The highest BCUT2D eigenvalue weighted by Crippen LogP contribution is 2.13. The summed E-state index contributed by atoms with van der Waals surface area (Å²) in [6.45, 7) is 6.94. The van der Waals surface area contributed by atoms with E-state index < -0.39 is 0 Å². The zero-order valence-corrected chi connectivity index (χ0v) is 17.8. The summed E-state index contributed by atoms with van der Waals surface area (Å²) in [4.78, 5) is 4.27. The van der Waals surface area contributed by atoms with E-state index in [1.165, 1.54) is 5.56 Å². The zero-order valence-electron chi connectivity index (χ0n) is 15.5. The maximum absolute atomic E-state index is 5.34. The van der Waals surface area contributed by atoms with E-state index in [9.17, 15) is 0 Å². The average molecular weight is 456 g/mol. The highest BCUT2D eigenvalue weighted by molar-refractivity contribution is 14.0. The first kappa shape index (κ1) is 21.5. The molecule has 6 heteroatoms. The number of hydrogen-bond acceptors (Lipinski definition) is 3. The van der Waals surface area contributed by atoms with E-state index in [2.05, 4.69) is 65.8 Å². The summed E-state index contributed by atoms with van der Waals surface area (Å²) in [7, 11) is 1.78. The van der Waals surface area contributed by atoms with Crippen molar-refractivity contribution in [2.75, 3.05) is 7.05 Å². The van der Waals surface area contributed by atoms with Gasteiger partial charge >= 0.3 is 0 Å². The lowest BCUT2D eigenvalue weighted by atomic mass is 10.1. The number of aromatic nitrogens is 1. The summed E-state index contributed by atoms with van der Waals surface area (Å²) in [5, 5.41) is 10.8. The molecule has 1 aromatic carbocycles. The van der Waals surface area contributed by atoms with Crippen LogP contribution < -0.4 is 10.6 Å². The molecule has 0 aliphatic heterocycles. The second-order valence-electron chi connectivity index (χ2n) is 6.37. The minimum absolute atomic E-state index is 0. The van der Waals surface area contributed by atoms with E-state index >= 15 is 0 Å². The van der Waals surface area contributed by atoms with Gasteiger partial charge in [-0.05, 0) is 31.2 Å². The van der Waals surface area contributed by atoms with Gasteiger partial charge in [-0.2, -0.15) is 0 Å². The van der Waals surface area contributed by atoms with Gasteiger partial charge < -0.3 is 15.2 Å². The van der Waals surface area contributed by atoms with Crippen LogP contribution in [0.1, 0.15) is 50.1 Å². The Hall–Kier alpha value is -1.57. The van der Waals surface area contributed by atoms with Crippen molar-refractivity contribution in [3.05, 3.63) is 53.4 Å². The maximum Gasteiger partial charge on any atom is 0.191 e. The van der Waals surface area contributed by atoms with Crippen LogP contribution in [0.3, 0.4) is 0 Å². The van der Waals surface area contributed by atoms with Crippen molar-refractivity contribution in [1.29, 1.82) is 0 Å². The molecule has 0 fully saturated rings. The van der Waals surface area contributed by atoms with Crippen LogP contribution in [0.25, 0.3) is 0 Å². The van der Waals surface area contributed by atoms with Crippen molar-refractivity contribution >= 4 is 29.9 Å². The third-order valence-corrected chi connectivity index (χ3v) is 3.91. The molecule has 1 heterocycles. The Morgan fingerprint density at radius 2 is 1.92 bits per heavy atom. The molecule has 2 N–H and O–H groups in total. The first-order valence-electron chi connectivity index (χ1n) is 8.55. The highest BCUT2D eigenvalue weighted by Gasteiger charge is 2.09. The van der Waals surface area contributed by atoms with Gasteiger partial charge in [0.05, 0.1) is 12.2 Å². The molecule has 2 rings (SSSR count). The molecule has 0 spiro atoms. The van der Waals surface area contributed by atoms with Gasteiger partial charge in [-0.1, -0.05) is 49.3 Å². The summed E-state index contributed by atoms with van der Waals surface area (Å²) >= 11 is 0. The number of aryl methyl sites for hydroxylation is 1. The quantitative estimate of drug-likeness (QED) is 0.374. The fourth-order valence-corrected chi connectivity index (χ4v) is 2.38. The maximum atomic E-state index is 5.34. The van der Waals surface area contributed by atoms with E-state index in [1.807, 2.05) is 12.1 Å². The van der Waals surface area contributed by atoms with E-state index in [1.54, 1.807) is 7.05 Å². The number of hydrogen-bond donors (Lipinski definition) is 2. The molecule has 25 heavy (non-hydrogen) atoms. The van der Waals surface area contributed by atoms with Crippen LogP contribution in [0.15, 0.2) is 45.9 Å². The smallest absolute Gasteiger partial charge is 0.191 e. The minimum atomic E-state index is 0. The fourth-order valence-electron chi connectivity index (χ4n) is 2.38. The van der Waals surface area contributed by atoms with Gasteiger partial charge in [-0.3, -0.25) is 4.99 Å². The van der Waals surface area contributed by atoms with Gasteiger partial charge in [0, 0.05) is 19.2 Å². The topological polar surface area (TPSA) is 62.5 Å². The third-order valence-electron chi connectivity index (χ3n) is 3.91. The Bertz CT molecular complexity index is 640. The van der Waals surface area contributed by atoms with Crippen LogP contribution in [0.4, 0.5) is 0 Å². The molecule has 138 valence electrons. The van der Waals surface area contributed by atoms with Crippen LogP contribution in [-0.2, 0) is 13.0 Å². The largest absolute Gasteiger partial charge is 0.359 e. The molecule has 1 aromatic heterocycles. The van der Waals surface area contributed by atoms with E-state index in [0.717, 1.165) is 30.3 Å². The summed E-state index contributed by atoms with van der Waals surface area (Å²) in [5.74, 6) is 1.97. The molecule has 0 aliphatic carbocycles. The molecule has 0 aliphatic rings. The Balaban J connectivity index is 0.00000312. The molecule has 2 aromatic rings. The zero-order chi connectivity index (χ0) is 17.4. The molecule has 0 amide bonds.